The maximum atomic E-state index is 13.3. The summed E-state index contributed by atoms with van der Waals surface area (Å²) < 4.78 is 3.55. The molecule has 3 rings (SSSR count). The molecular weight excluding hydrogens is 588 g/mol. The minimum atomic E-state index is -0.445. The van der Waals surface area contributed by atoms with E-state index >= 15 is 0 Å². The van der Waals surface area contributed by atoms with Gasteiger partial charge in [-0.15, -0.1) is 0 Å². The van der Waals surface area contributed by atoms with Gasteiger partial charge in [-0.3, -0.25) is 30.0 Å². The Morgan fingerprint density at radius 2 is 0.978 bits per heavy atom. The SMILES string of the molecule is CC(C)CCn1cc(NC(=O)CC(=N)N)cc1C(=O)Nc1ccc(NC(=O)c2cc(NC(=O)CC(=N)N)cn2CCC(C)C)cc1. The number of aryl methyl sites for hydroxylation is 2. The second-order valence-corrected chi connectivity index (χ2v) is 12.0. The van der Waals surface area contributed by atoms with Gasteiger partial charge in [-0.05, 0) is 61.1 Å². The number of amidine groups is 2. The Morgan fingerprint density at radius 1 is 0.630 bits per heavy atom. The third-order valence-electron chi connectivity index (χ3n) is 6.82. The smallest absolute Gasteiger partial charge is 0.272 e. The van der Waals surface area contributed by atoms with Crippen LogP contribution in [0.5, 0.6) is 0 Å². The fourth-order valence-electron chi connectivity index (χ4n) is 4.49. The van der Waals surface area contributed by atoms with Crippen molar-refractivity contribution in [3.63, 3.8) is 0 Å². The first-order chi connectivity index (χ1) is 21.7. The van der Waals surface area contributed by atoms with Crippen LogP contribution in [0.3, 0.4) is 0 Å². The molecule has 0 fully saturated rings. The first kappa shape index (κ1) is 35.1. The molecule has 0 saturated carbocycles. The molecule has 0 saturated heterocycles. The van der Waals surface area contributed by atoms with E-state index in [0.29, 0.717) is 59.1 Å². The standard InChI is InChI=1S/C32H44N10O4/c1-19(2)9-11-41-17-23(37-29(43)15-27(33)34)13-25(41)31(45)39-21-5-7-22(8-6-21)40-32(46)26-14-24(38-30(44)16-28(35)36)18-42(26)12-10-20(3)4/h5-8,13-14,17-20H,9-12,15-16H2,1-4H3,(H3,33,34)(H3,35,36)(H,37,43)(H,38,44)(H,39,45)(H,40,46). The maximum Gasteiger partial charge on any atom is 0.272 e. The number of aromatic nitrogens is 2. The number of amides is 4. The number of carbonyl (C=O) groups excluding carboxylic acids is 4. The summed E-state index contributed by atoms with van der Waals surface area (Å²) in [4.78, 5) is 50.8. The number of nitrogens with two attached hydrogens (primary N) is 2. The summed E-state index contributed by atoms with van der Waals surface area (Å²) in [7, 11) is 0. The van der Waals surface area contributed by atoms with Crippen LogP contribution in [0.25, 0.3) is 0 Å². The van der Waals surface area contributed by atoms with E-state index in [2.05, 4.69) is 49.0 Å². The third kappa shape index (κ3) is 10.9. The molecule has 0 unspecified atom stereocenters. The van der Waals surface area contributed by atoms with Gasteiger partial charge in [0.25, 0.3) is 11.8 Å². The Balaban J connectivity index is 1.72. The molecule has 0 aliphatic rings. The molecule has 246 valence electrons. The molecule has 0 aliphatic heterocycles. The van der Waals surface area contributed by atoms with E-state index in [1.54, 1.807) is 57.9 Å². The molecule has 0 aliphatic carbocycles. The normalized spacial score (nSPS) is 10.9. The Labute approximate surface area is 268 Å². The van der Waals surface area contributed by atoms with E-state index in [1.807, 2.05) is 0 Å². The van der Waals surface area contributed by atoms with Gasteiger partial charge in [0, 0.05) is 36.9 Å². The predicted molar refractivity (Wildman–Crippen MR) is 180 cm³/mol. The second kappa shape index (κ2) is 16.1. The molecule has 0 bridgehead atoms. The van der Waals surface area contributed by atoms with Crippen LogP contribution in [0, 0.1) is 22.7 Å². The van der Waals surface area contributed by atoms with Crippen molar-refractivity contribution in [2.24, 2.45) is 23.3 Å². The van der Waals surface area contributed by atoms with E-state index in [9.17, 15) is 19.2 Å². The summed E-state index contributed by atoms with van der Waals surface area (Å²) in [6.45, 7) is 9.44. The van der Waals surface area contributed by atoms with Gasteiger partial charge in [0.1, 0.15) is 23.1 Å². The highest BCUT2D eigenvalue weighted by Crippen LogP contribution is 2.22. The van der Waals surface area contributed by atoms with Gasteiger partial charge in [0.15, 0.2) is 0 Å². The Morgan fingerprint density at radius 3 is 1.28 bits per heavy atom. The largest absolute Gasteiger partial charge is 0.387 e. The van der Waals surface area contributed by atoms with E-state index in [4.69, 9.17) is 22.3 Å². The Hall–Kier alpha value is -5.40. The van der Waals surface area contributed by atoms with Gasteiger partial charge in [-0.25, -0.2) is 0 Å². The van der Waals surface area contributed by atoms with Crippen molar-refractivity contribution in [1.82, 2.24) is 9.13 Å². The number of nitrogens with one attached hydrogen (secondary N) is 6. The zero-order valence-electron chi connectivity index (χ0n) is 26.7. The minimum absolute atomic E-state index is 0.246. The Bertz CT molecular complexity index is 1470. The van der Waals surface area contributed by atoms with Crippen LogP contribution in [-0.4, -0.2) is 44.4 Å². The maximum absolute atomic E-state index is 13.3. The lowest BCUT2D eigenvalue weighted by Crippen LogP contribution is -2.20. The fourth-order valence-corrected chi connectivity index (χ4v) is 4.49. The first-order valence-electron chi connectivity index (χ1n) is 15.1. The molecule has 2 aromatic heterocycles. The van der Waals surface area contributed by atoms with Crippen molar-refractivity contribution in [1.29, 1.82) is 10.8 Å². The number of rotatable bonds is 16. The Kier molecular flexibility index (Phi) is 12.3. The first-order valence-corrected chi connectivity index (χ1v) is 15.1. The van der Waals surface area contributed by atoms with Crippen LogP contribution in [0.1, 0.15) is 74.4 Å². The third-order valence-corrected chi connectivity index (χ3v) is 6.82. The zero-order chi connectivity index (χ0) is 34.0. The van der Waals surface area contributed by atoms with Crippen LogP contribution in [0.4, 0.5) is 22.7 Å². The van der Waals surface area contributed by atoms with E-state index in [0.717, 1.165) is 12.8 Å². The molecule has 2 heterocycles. The van der Waals surface area contributed by atoms with Gasteiger partial charge in [-0.2, -0.15) is 0 Å². The van der Waals surface area contributed by atoms with Crippen LogP contribution in [0.15, 0.2) is 48.8 Å². The molecule has 4 amide bonds. The lowest BCUT2D eigenvalue weighted by atomic mass is 10.1. The molecule has 0 radical (unpaired) electrons. The topological polar surface area (TPSA) is 226 Å². The molecule has 14 nitrogen and oxygen atoms in total. The highest BCUT2D eigenvalue weighted by Gasteiger charge is 2.18. The average molecular weight is 633 g/mol. The molecule has 0 atom stereocenters. The highest BCUT2D eigenvalue weighted by atomic mass is 16.2. The predicted octanol–water partition coefficient (Wildman–Crippen LogP) is 4.42. The summed E-state index contributed by atoms with van der Waals surface area (Å²) in [5.74, 6) is -1.37. The summed E-state index contributed by atoms with van der Waals surface area (Å²) >= 11 is 0. The highest BCUT2D eigenvalue weighted by molar-refractivity contribution is 6.08. The van der Waals surface area contributed by atoms with Crippen molar-refractivity contribution < 1.29 is 19.2 Å². The molecule has 10 N–H and O–H groups in total. The monoisotopic (exact) mass is 632 g/mol. The average Bonchev–Trinajstić information content (AvgIpc) is 3.54. The summed E-state index contributed by atoms with van der Waals surface area (Å²) in [6, 6.07) is 9.80. The summed E-state index contributed by atoms with van der Waals surface area (Å²) in [6.07, 6.45) is 4.51. The van der Waals surface area contributed by atoms with Crippen LogP contribution in [-0.2, 0) is 22.7 Å². The minimum Gasteiger partial charge on any atom is -0.387 e. The number of benzene rings is 1. The number of hydrogen-bond donors (Lipinski definition) is 8. The zero-order valence-corrected chi connectivity index (χ0v) is 26.7. The molecule has 0 spiro atoms. The van der Waals surface area contributed by atoms with Crippen molar-refractivity contribution >= 4 is 58.0 Å². The van der Waals surface area contributed by atoms with Crippen LogP contribution in [0.2, 0.25) is 0 Å². The molecule has 3 aromatic rings. The van der Waals surface area contributed by atoms with Crippen molar-refractivity contribution in [3.8, 4) is 0 Å². The fraction of sp³-hybridized carbons (Fsp3) is 0.375. The quantitative estimate of drug-likeness (QED) is 0.0842. The van der Waals surface area contributed by atoms with Gasteiger partial charge in [0.05, 0.1) is 24.2 Å². The number of carbonyl (C=O) groups is 4. The van der Waals surface area contributed by atoms with Crippen molar-refractivity contribution in [2.45, 2.75) is 66.5 Å². The van der Waals surface area contributed by atoms with E-state index in [1.165, 1.54) is 0 Å². The van der Waals surface area contributed by atoms with Gasteiger partial charge in [0.2, 0.25) is 11.8 Å². The lowest BCUT2D eigenvalue weighted by molar-refractivity contribution is -0.116. The lowest BCUT2D eigenvalue weighted by Gasteiger charge is -2.12. The molecular formula is C32H44N10O4. The molecule has 14 heteroatoms. The van der Waals surface area contributed by atoms with Crippen LogP contribution < -0.4 is 32.7 Å². The second-order valence-electron chi connectivity index (χ2n) is 12.0. The number of nitrogens with zero attached hydrogens (tertiary/aromatic N) is 2. The van der Waals surface area contributed by atoms with Crippen molar-refractivity contribution in [2.75, 3.05) is 21.3 Å². The van der Waals surface area contributed by atoms with Gasteiger partial charge in [-0.1, -0.05) is 27.7 Å². The van der Waals surface area contributed by atoms with Gasteiger partial charge >= 0.3 is 0 Å². The van der Waals surface area contributed by atoms with E-state index < -0.39 is 11.8 Å². The number of hydrogen-bond acceptors (Lipinski definition) is 6. The molecule has 1 aromatic carbocycles. The number of anilines is 4. The summed E-state index contributed by atoms with van der Waals surface area (Å²) in [5, 5.41) is 25.7. The van der Waals surface area contributed by atoms with Crippen LogP contribution >= 0.6 is 0 Å². The van der Waals surface area contributed by atoms with E-state index in [-0.39, 0.29) is 36.3 Å². The molecule has 46 heavy (non-hydrogen) atoms. The summed E-state index contributed by atoms with van der Waals surface area (Å²) in [5.41, 5.74) is 13.2. The van der Waals surface area contributed by atoms with Gasteiger partial charge < -0.3 is 41.9 Å². The van der Waals surface area contributed by atoms with Crippen molar-refractivity contribution in [3.05, 3.63) is 60.2 Å².